The van der Waals surface area contributed by atoms with Gasteiger partial charge in [0.2, 0.25) is 0 Å². The smallest absolute Gasteiger partial charge is 0.333 e. The minimum absolute atomic E-state index is 0.0903. The summed E-state index contributed by atoms with van der Waals surface area (Å²) in [5.74, 6) is -0.206. The molecule has 0 rings (SSSR count). The SMILES string of the molecule is C=C(C)C(=O)OC(CCCCCCCCC)CCCCCCCCCCCCCCC. The summed E-state index contributed by atoms with van der Waals surface area (Å²) >= 11 is 0. The molecular weight excluding hydrogens is 380 g/mol. The van der Waals surface area contributed by atoms with E-state index in [4.69, 9.17) is 4.74 Å². The molecule has 0 aromatic carbocycles. The van der Waals surface area contributed by atoms with Crippen molar-refractivity contribution < 1.29 is 9.53 Å². The van der Waals surface area contributed by atoms with Crippen molar-refractivity contribution in [3.05, 3.63) is 12.2 Å². The van der Waals surface area contributed by atoms with E-state index in [1.54, 1.807) is 6.92 Å². The van der Waals surface area contributed by atoms with Gasteiger partial charge in [-0.15, -0.1) is 0 Å². The van der Waals surface area contributed by atoms with E-state index in [0.29, 0.717) is 5.57 Å². The molecule has 1 unspecified atom stereocenters. The van der Waals surface area contributed by atoms with Crippen LogP contribution >= 0.6 is 0 Å². The summed E-state index contributed by atoms with van der Waals surface area (Å²) in [6.07, 6.45) is 29.1. The molecule has 0 heterocycles. The molecule has 0 saturated heterocycles. The van der Waals surface area contributed by atoms with Crippen molar-refractivity contribution in [2.24, 2.45) is 0 Å². The Labute approximate surface area is 196 Å². The van der Waals surface area contributed by atoms with Crippen LogP contribution < -0.4 is 0 Å². The van der Waals surface area contributed by atoms with Crippen LogP contribution in [0.15, 0.2) is 12.2 Å². The Kier molecular flexibility index (Phi) is 23.3. The van der Waals surface area contributed by atoms with E-state index in [2.05, 4.69) is 20.4 Å². The van der Waals surface area contributed by atoms with E-state index in [1.807, 2.05) is 0 Å². The summed E-state index contributed by atoms with van der Waals surface area (Å²) in [7, 11) is 0. The highest BCUT2D eigenvalue weighted by atomic mass is 16.5. The van der Waals surface area contributed by atoms with Gasteiger partial charge in [0.25, 0.3) is 0 Å². The van der Waals surface area contributed by atoms with Gasteiger partial charge in [-0.05, 0) is 32.6 Å². The van der Waals surface area contributed by atoms with Gasteiger partial charge in [0.05, 0.1) is 0 Å². The zero-order valence-electron chi connectivity index (χ0n) is 21.7. The minimum Gasteiger partial charge on any atom is -0.459 e. The zero-order chi connectivity index (χ0) is 23.0. The number of carbonyl (C=O) groups excluding carboxylic acids is 1. The molecule has 0 aromatic rings. The third kappa shape index (κ3) is 22.2. The molecule has 0 aliphatic rings. The van der Waals surface area contributed by atoms with Crippen molar-refractivity contribution in [1.29, 1.82) is 0 Å². The molecule has 0 aliphatic heterocycles. The summed E-state index contributed by atoms with van der Waals surface area (Å²) < 4.78 is 5.73. The number of carbonyl (C=O) groups is 1. The maximum atomic E-state index is 12.0. The van der Waals surface area contributed by atoms with Crippen LogP contribution in [0, 0.1) is 0 Å². The quantitative estimate of drug-likeness (QED) is 0.0854. The third-order valence-corrected chi connectivity index (χ3v) is 6.38. The maximum Gasteiger partial charge on any atom is 0.333 e. The molecule has 0 spiro atoms. The van der Waals surface area contributed by atoms with Gasteiger partial charge in [-0.1, -0.05) is 136 Å². The van der Waals surface area contributed by atoms with Crippen LogP contribution in [0.2, 0.25) is 0 Å². The predicted molar refractivity (Wildman–Crippen MR) is 138 cm³/mol. The van der Waals surface area contributed by atoms with Gasteiger partial charge in [0, 0.05) is 5.57 Å². The van der Waals surface area contributed by atoms with Gasteiger partial charge in [0.15, 0.2) is 0 Å². The fraction of sp³-hybridized carbons (Fsp3) is 0.897. The monoisotopic (exact) mass is 436 g/mol. The lowest BCUT2D eigenvalue weighted by molar-refractivity contribution is -0.145. The van der Waals surface area contributed by atoms with Crippen LogP contribution in [0.3, 0.4) is 0 Å². The van der Waals surface area contributed by atoms with Crippen molar-refractivity contribution >= 4 is 5.97 Å². The molecule has 184 valence electrons. The van der Waals surface area contributed by atoms with Gasteiger partial charge < -0.3 is 4.74 Å². The minimum atomic E-state index is -0.206. The van der Waals surface area contributed by atoms with Gasteiger partial charge in [-0.2, -0.15) is 0 Å². The molecule has 0 bridgehead atoms. The molecule has 31 heavy (non-hydrogen) atoms. The molecule has 1 atom stereocenters. The van der Waals surface area contributed by atoms with E-state index < -0.39 is 0 Å². The fourth-order valence-corrected chi connectivity index (χ4v) is 4.23. The molecular formula is C29H56O2. The lowest BCUT2D eigenvalue weighted by atomic mass is 10.0. The topological polar surface area (TPSA) is 26.3 Å². The Hall–Kier alpha value is -0.790. The van der Waals surface area contributed by atoms with Crippen LogP contribution in [0.5, 0.6) is 0 Å². The summed E-state index contributed by atoms with van der Waals surface area (Å²) in [5, 5.41) is 0. The van der Waals surface area contributed by atoms with Crippen LogP contribution in [-0.2, 0) is 9.53 Å². The Morgan fingerprint density at radius 1 is 0.581 bits per heavy atom. The largest absolute Gasteiger partial charge is 0.459 e. The normalized spacial score (nSPS) is 12.1. The second-order valence-electron chi connectivity index (χ2n) is 9.75. The van der Waals surface area contributed by atoms with E-state index in [9.17, 15) is 4.79 Å². The summed E-state index contributed by atoms with van der Waals surface area (Å²) in [6, 6.07) is 0. The molecule has 0 N–H and O–H groups in total. The second kappa shape index (κ2) is 23.9. The van der Waals surface area contributed by atoms with Gasteiger partial charge in [-0.25, -0.2) is 4.79 Å². The fourth-order valence-electron chi connectivity index (χ4n) is 4.23. The Morgan fingerprint density at radius 3 is 1.16 bits per heavy atom. The number of esters is 1. The number of hydrogen-bond donors (Lipinski definition) is 0. The molecule has 0 saturated carbocycles. The predicted octanol–water partition coefficient (Wildman–Crippen LogP) is 10.1. The second-order valence-corrected chi connectivity index (χ2v) is 9.75. The van der Waals surface area contributed by atoms with Crippen LogP contribution in [0.1, 0.15) is 162 Å². The first-order valence-electron chi connectivity index (χ1n) is 14.0. The van der Waals surface area contributed by atoms with Crippen LogP contribution in [-0.4, -0.2) is 12.1 Å². The van der Waals surface area contributed by atoms with Gasteiger partial charge >= 0.3 is 5.97 Å². The zero-order valence-corrected chi connectivity index (χ0v) is 21.7. The molecule has 0 aromatic heterocycles. The molecule has 0 fully saturated rings. The molecule has 0 amide bonds. The van der Waals surface area contributed by atoms with Crippen LogP contribution in [0.25, 0.3) is 0 Å². The number of rotatable bonds is 24. The highest BCUT2D eigenvalue weighted by Crippen LogP contribution is 2.18. The lowest BCUT2D eigenvalue weighted by Crippen LogP contribution is -2.18. The highest BCUT2D eigenvalue weighted by Gasteiger charge is 2.14. The number of ether oxygens (including phenoxy) is 1. The Balaban J connectivity index is 3.74. The van der Waals surface area contributed by atoms with Crippen molar-refractivity contribution in [2.75, 3.05) is 0 Å². The summed E-state index contributed by atoms with van der Waals surface area (Å²) in [5.41, 5.74) is 0.523. The molecule has 0 aliphatic carbocycles. The Bertz CT molecular complexity index is 402. The summed E-state index contributed by atoms with van der Waals surface area (Å²) in [4.78, 5) is 12.0. The van der Waals surface area contributed by atoms with E-state index >= 15 is 0 Å². The van der Waals surface area contributed by atoms with E-state index in [-0.39, 0.29) is 12.1 Å². The van der Waals surface area contributed by atoms with E-state index in [1.165, 1.54) is 128 Å². The van der Waals surface area contributed by atoms with Crippen molar-refractivity contribution in [2.45, 2.75) is 168 Å². The summed E-state index contributed by atoms with van der Waals surface area (Å²) in [6.45, 7) is 10.0. The first-order chi connectivity index (χ1) is 15.1. The third-order valence-electron chi connectivity index (χ3n) is 6.38. The van der Waals surface area contributed by atoms with Crippen molar-refractivity contribution in [1.82, 2.24) is 0 Å². The van der Waals surface area contributed by atoms with Crippen molar-refractivity contribution in [3.8, 4) is 0 Å². The standard InChI is InChI=1S/C29H56O2/c1-5-7-9-11-13-14-15-16-17-18-20-22-24-26-28(31-29(30)27(3)4)25-23-21-19-12-10-8-6-2/h28H,3,5-26H2,1-2,4H3. The average Bonchev–Trinajstić information content (AvgIpc) is 2.75. The first kappa shape index (κ1) is 30.2. The van der Waals surface area contributed by atoms with Crippen molar-refractivity contribution in [3.63, 3.8) is 0 Å². The maximum absolute atomic E-state index is 12.0. The average molecular weight is 437 g/mol. The molecule has 0 radical (unpaired) electrons. The van der Waals surface area contributed by atoms with Gasteiger partial charge in [-0.3, -0.25) is 0 Å². The van der Waals surface area contributed by atoms with Gasteiger partial charge in [0.1, 0.15) is 6.10 Å². The number of unbranched alkanes of at least 4 members (excludes halogenated alkanes) is 18. The molecule has 2 nitrogen and oxygen atoms in total. The Morgan fingerprint density at radius 2 is 0.871 bits per heavy atom. The lowest BCUT2D eigenvalue weighted by Gasteiger charge is -2.18. The van der Waals surface area contributed by atoms with E-state index in [0.717, 1.165) is 12.8 Å². The highest BCUT2D eigenvalue weighted by molar-refractivity contribution is 5.87. The first-order valence-corrected chi connectivity index (χ1v) is 14.0. The van der Waals surface area contributed by atoms with Crippen LogP contribution in [0.4, 0.5) is 0 Å². The molecule has 2 heteroatoms. The number of hydrogen-bond acceptors (Lipinski definition) is 2.